The largest absolute Gasteiger partial charge is 0.310 e. The first kappa shape index (κ1) is 15.4. The minimum absolute atomic E-state index is 0.459. The SMILES string of the molecule is C=C(CC)C(CNC(C)C=CC)C(C)CC. The van der Waals surface area contributed by atoms with Crippen LogP contribution >= 0.6 is 0 Å². The molecule has 0 bridgehead atoms. The minimum Gasteiger partial charge on any atom is -0.310 e. The standard InChI is InChI=1S/C15H29N/c1-7-10-14(6)16-11-15(12(4)8-2)13(5)9-3/h7,10,13-16H,4,8-9,11H2,1-3,5-6H3. The highest BCUT2D eigenvalue weighted by molar-refractivity contribution is 5.03. The summed E-state index contributed by atoms with van der Waals surface area (Å²) in [6.07, 6.45) is 6.62. The van der Waals surface area contributed by atoms with Gasteiger partial charge in [-0.2, -0.15) is 0 Å². The molecule has 16 heavy (non-hydrogen) atoms. The Kier molecular flexibility index (Phi) is 8.28. The van der Waals surface area contributed by atoms with Crippen LogP contribution < -0.4 is 5.32 Å². The second-order valence-corrected chi connectivity index (χ2v) is 4.73. The zero-order valence-corrected chi connectivity index (χ0v) is 11.7. The molecule has 0 saturated carbocycles. The second-order valence-electron chi connectivity index (χ2n) is 4.73. The molecule has 1 N–H and O–H groups in total. The molecule has 0 heterocycles. The molecule has 0 aliphatic rings. The molecule has 0 aliphatic carbocycles. The van der Waals surface area contributed by atoms with E-state index >= 15 is 0 Å². The normalized spacial score (nSPS) is 17.3. The molecule has 0 rings (SSSR count). The molecule has 0 aromatic heterocycles. The minimum atomic E-state index is 0.459. The maximum atomic E-state index is 4.21. The highest BCUT2D eigenvalue weighted by atomic mass is 14.9. The van der Waals surface area contributed by atoms with Crippen LogP contribution in [0.1, 0.15) is 47.5 Å². The number of allylic oxidation sites excluding steroid dienone is 1. The van der Waals surface area contributed by atoms with Crippen LogP contribution in [0, 0.1) is 11.8 Å². The van der Waals surface area contributed by atoms with Gasteiger partial charge in [0.1, 0.15) is 0 Å². The van der Waals surface area contributed by atoms with Gasteiger partial charge in [-0.15, -0.1) is 0 Å². The summed E-state index contributed by atoms with van der Waals surface area (Å²) >= 11 is 0. The van der Waals surface area contributed by atoms with Crippen LogP contribution in [0.15, 0.2) is 24.3 Å². The summed E-state index contributed by atoms with van der Waals surface area (Å²) in [5.41, 5.74) is 1.38. The van der Waals surface area contributed by atoms with Gasteiger partial charge in [0.05, 0.1) is 0 Å². The molecule has 0 amide bonds. The van der Waals surface area contributed by atoms with Gasteiger partial charge >= 0.3 is 0 Å². The lowest BCUT2D eigenvalue weighted by atomic mass is 9.84. The summed E-state index contributed by atoms with van der Waals surface area (Å²) in [7, 11) is 0. The zero-order chi connectivity index (χ0) is 12.6. The van der Waals surface area contributed by atoms with Gasteiger partial charge in [0.15, 0.2) is 0 Å². The van der Waals surface area contributed by atoms with Gasteiger partial charge in [0.25, 0.3) is 0 Å². The van der Waals surface area contributed by atoms with Crippen molar-refractivity contribution >= 4 is 0 Å². The van der Waals surface area contributed by atoms with Crippen LogP contribution in [0.3, 0.4) is 0 Å². The van der Waals surface area contributed by atoms with E-state index in [2.05, 4.69) is 58.7 Å². The highest BCUT2D eigenvalue weighted by Crippen LogP contribution is 2.23. The van der Waals surface area contributed by atoms with Crippen LogP contribution in [0.2, 0.25) is 0 Å². The Morgan fingerprint density at radius 3 is 2.38 bits per heavy atom. The van der Waals surface area contributed by atoms with Crippen molar-refractivity contribution in [2.75, 3.05) is 6.54 Å². The lowest BCUT2D eigenvalue weighted by Gasteiger charge is -2.26. The van der Waals surface area contributed by atoms with Gasteiger partial charge in [0, 0.05) is 12.6 Å². The molecular weight excluding hydrogens is 194 g/mol. The Bertz CT molecular complexity index is 217. The molecule has 0 saturated heterocycles. The average Bonchev–Trinajstić information content (AvgIpc) is 2.28. The Morgan fingerprint density at radius 1 is 1.31 bits per heavy atom. The fourth-order valence-electron chi connectivity index (χ4n) is 1.96. The van der Waals surface area contributed by atoms with Crippen LogP contribution in [0.4, 0.5) is 0 Å². The van der Waals surface area contributed by atoms with Crippen LogP contribution in [-0.4, -0.2) is 12.6 Å². The lowest BCUT2D eigenvalue weighted by molar-refractivity contribution is 0.366. The Balaban J connectivity index is 4.27. The van der Waals surface area contributed by atoms with E-state index in [0.29, 0.717) is 12.0 Å². The van der Waals surface area contributed by atoms with Crippen molar-refractivity contribution < 1.29 is 0 Å². The van der Waals surface area contributed by atoms with E-state index in [9.17, 15) is 0 Å². The van der Waals surface area contributed by atoms with E-state index in [-0.39, 0.29) is 0 Å². The molecule has 3 unspecified atom stereocenters. The van der Waals surface area contributed by atoms with Crippen molar-refractivity contribution in [1.29, 1.82) is 0 Å². The maximum absolute atomic E-state index is 4.21. The van der Waals surface area contributed by atoms with Gasteiger partial charge in [-0.1, -0.05) is 51.5 Å². The fourth-order valence-corrected chi connectivity index (χ4v) is 1.96. The van der Waals surface area contributed by atoms with Crippen LogP contribution in [0.25, 0.3) is 0 Å². The number of rotatable bonds is 8. The smallest absolute Gasteiger partial charge is 0.0221 e. The quantitative estimate of drug-likeness (QED) is 0.609. The topological polar surface area (TPSA) is 12.0 Å². The number of hydrogen-bond acceptors (Lipinski definition) is 1. The Labute approximate surface area is 102 Å². The summed E-state index contributed by atoms with van der Waals surface area (Å²) in [5.74, 6) is 1.33. The monoisotopic (exact) mass is 223 g/mol. The molecule has 0 aromatic rings. The molecule has 1 heteroatoms. The van der Waals surface area contributed by atoms with E-state index < -0.39 is 0 Å². The number of nitrogens with one attached hydrogen (secondary N) is 1. The zero-order valence-electron chi connectivity index (χ0n) is 11.7. The molecule has 0 spiro atoms. The first-order valence-electron chi connectivity index (χ1n) is 6.60. The maximum Gasteiger partial charge on any atom is 0.0221 e. The summed E-state index contributed by atoms with van der Waals surface area (Å²) in [6.45, 7) is 16.3. The van der Waals surface area contributed by atoms with Gasteiger partial charge in [-0.05, 0) is 32.1 Å². The third-order valence-corrected chi connectivity index (χ3v) is 3.45. The first-order valence-corrected chi connectivity index (χ1v) is 6.60. The van der Waals surface area contributed by atoms with Crippen molar-refractivity contribution in [1.82, 2.24) is 5.32 Å². The van der Waals surface area contributed by atoms with E-state index in [1.165, 1.54) is 12.0 Å². The predicted molar refractivity (Wildman–Crippen MR) is 74.7 cm³/mol. The van der Waals surface area contributed by atoms with E-state index in [1.54, 1.807) is 0 Å². The summed E-state index contributed by atoms with van der Waals surface area (Å²) in [4.78, 5) is 0. The number of hydrogen-bond donors (Lipinski definition) is 1. The van der Waals surface area contributed by atoms with Crippen molar-refractivity contribution in [2.45, 2.75) is 53.5 Å². The van der Waals surface area contributed by atoms with E-state index in [4.69, 9.17) is 0 Å². The van der Waals surface area contributed by atoms with Gasteiger partial charge < -0.3 is 5.32 Å². The second kappa shape index (κ2) is 8.58. The van der Waals surface area contributed by atoms with Gasteiger partial charge in [-0.3, -0.25) is 0 Å². The summed E-state index contributed by atoms with van der Waals surface area (Å²) in [5, 5.41) is 3.57. The molecular formula is C15H29N. The molecule has 0 radical (unpaired) electrons. The predicted octanol–water partition coefficient (Wildman–Crippen LogP) is 4.17. The summed E-state index contributed by atoms with van der Waals surface area (Å²) < 4.78 is 0. The molecule has 3 atom stereocenters. The van der Waals surface area contributed by atoms with E-state index in [0.717, 1.165) is 18.9 Å². The molecule has 0 fully saturated rings. The van der Waals surface area contributed by atoms with Crippen molar-refractivity contribution in [3.63, 3.8) is 0 Å². The van der Waals surface area contributed by atoms with Gasteiger partial charge in [0.2, 0.25) is 0 Å². The molecule has 94 valence electrons. The lowest BCUT2D eigenvalue weighted by Crippen LogP contribution is -2.33. The highest BCUT2D eigenvalue weighted by Gasteiger charge is 2.18. The van der Waals surface area contributed by atoms with Gasteiger partial charge in [-0.25, -0.2) is 0 Å². The third-order valence-electron chi connectivity index (χ3n) is 3.45. The fraction of sp³-hybridized carbons (Fsp3) is 0.733. The average molecular weight is 223 g/mol. The van der Waals surface area contributed by atoms with Crippen LogP contribution in [-0.2, 0) is 0 Å². The summed E-state index contributed by atoms with van der Waals surface area (Å²) in [6, 6.07) is 0.459. The molecule has 0 aliphatic heterocycles. The van der Waals surface area contributed by atoms with Crippen molar-refractivity contribution in [2.24, 2.45) is 11.8 Å². The first-order chi connectivity index (χ1) is 7.56. The third kappa shape index (κ3) is 5.50. The van der Waals surface area contributed by atoms with Crippen molar-refractivity contribution in [3.05, 3.63) is 24.3 Å². The Hall–Kier alpha value is -0.560. The van der Waals surface area contributed by atoms with E-state index in [1.807, 2.05) is 0 Å². The molecule has 0 aromatic carbocycles. The Morgan fingerprint density at radius 2 is 1.94 bits per heavy atom. The van der Waals surface area contributed by atoms with Crippen molar-refractivity contribution in [3.8, 4) is 0 Å². The van der Waals surface area contributed by atoms with Crippen LogP contribution in [0.5, 0.6) is 0 Å². The molecule has 1 nitrogen and oxygen atoms in total.